The predicted octanol–water partition coefficient (Wildman–Crippen LogP) is 2.73. The third-order valence-corrected chi connectivity index (χ3v) is 2.18. The highest BCUT2D eigenvalue weighted by molar-refractivity contribution is 5.81. The summed E-state index contributed by atoms with van der Waals surface area (Å²) in [5.74, 6) is 0.857. The number of aryl methyl sites for hydroxylation is 1. The maximum Gasteiger partial charge on any atom is 0.121 e. The van der Waals surface area contributed by atoms with Crippen molar-refractivity contribution in [2.45, 2.75) is 26.9 Å². The first-order chi connectivity index (χ1) is 7.16. The van der Waals surface area contributed by atoms with Gasteiger partial charge in [-0.05, 0) is 32.9 Å². The van der Waals surface area contributed by atoms with Gasteiger partial charge in [0.15, 0.2) is 0 Å². The Kier molecular flexibility index (Phi) is 2.54. The summed E-state index contributed by atoms with van der Waals surface area (Å²) in [5, 5.41) is 1.08. The van der Waals surface area contributed by atoms with Crippen LogP contribution in [0.1, 0.15) is 19.5 Å². The van der Waals surface area contributed by atoms with E-state index < -0.39 is 0 Å². The molecule has 2 aromatic rings. The Morgan fingerprint density at radius 3 is 2.73 bits per heavy atom. The molecule has 78 valence electrons. The molecule has 3 heteroatoms. The Morgan fingerprint density at radius 1 is 1.20 bits per heavy atom. The van der Waals surface area contributed by atoms with Gasteiger partial charge in [-0.25, -0.2) is 9.97 Å². The van der Waals surface area contributed by atoms with Crippen LogP contribution in [0.15, 0.2) is 24.5 Å². The number of ether oxygens (including phenoxy) is 1. The second kappa shape index (κ2) is 3.85. The maximum absolute atomic E-state index is 5.60. The van der Waals surface area contributed by atoms with Crippen molar-refractivity contribution in [2.75, 3.05) is 0 Å². The van der Waals surface area contributed by atoms with Crippen molar-refractivity contribution in [3.8, 4) is 5.75 Å². The number of hydrogen-bond donors (Lipinski definition) is 0. The van der Waals surface area contributed by atoms with Crippen LogP contribution < -0.4 is 4.74 Å². The van der Waals surface area contributed by atoms with E-state index in [1.54, 1.807) is 6.33 Å². The summed E-state index contributed by atoms with van der Waals surface area (Å²) in [6, 6.07) is 5.91. The van der Waals surface area contributed by atoms with Gasteiger partial charge >= 0.3 is 0 Å². The lowest BCUT2D eigenvalue weighted by atomic mass is 10.2. The molecular formula is C12H14N2O. The van der Waals surface area contributed by atoms with E-state index in [0.717, 1.165) is 22.3 Å². The van der Waals surface area contributed by atoms with Gasteiger partial charge in [0.05, 0.1) is 11.6 Å². The zero-order valence-corrected chi connectivity index (χ0v) is 9.19. The number of nitrogens with zero attached hydrogens (tertiary/aromatic N) is 2. The molecule has 2 rings (SSSR count). The van der Waals surface area contributed by atoms with Crippen LogP contribution >= 0.6 is 0 Å². The zero-order chi connectivity index (χ0) is 10.8. The Balaban J connectivity index is 2.48. The minimum absolute atomic E-state index is 0.186. The number of rotatable bonds is 2. The van der Waals surface area contributed by atoms with E-state index in [1.807, 2.05) is 39.0 Å². The molecule has 0 saturated heterocycles. The lowest BCUT2D eigenvalue weighted by Crippen LogP contribution is -2.05. The monoisotopic (exact) mass is 202 g/mol. The summed E-state index contributed by atoms with van der Waals surface area (Å²) in [7, 11) is 0. The summed E-state index contributed by atoms with van der Waals surface area (Å²) in [6.07, 6.45) is 1.77. The van der Waals surface area contributed by atoms with Gasteiger partial charge in [0.25, 0.3) is 0 Å². The van der Waals surface area contributed by atoms with E-state index in [2.05, 4.69) is 9.97 Å². The minimum Gasteiger partial charge on any atom is -0.491 e. The smallest absolute Gasteiger partial charge is 0.121 e. The molecule has 0 aliphatic rings. The van der Waals surface area contributed by atoms with Crippen LogP contribution in [0, 0.1) is 6.92 Å². The van der Waals surface area contributed by atoms with Crippen molar-refractivity contribution in [1.29, 1.82) is 0 Å². The van der Waals surface area contributed by atoms with Crippen molar-refractivity contribution in [3.05, 3.63) is 30.2 Å². The second-order valence-electron chi connectivity index (χ2n) is 3.80. The quantitative estimate of drug-likeness (QED) is 0.751. The van der Waals surface area contributed by atoms with E-state index in [9.17, 15) is 0 Å². The zero-order valence-electron chi connectivity index (χ0n) is 9.19. The lowest BCUT2D eigenvalue weighted by Gasteiger charge is -2.10. The van der Waals surface area contributed by atoms with Crippen LogP contribution in [-0.2, 0) is 0 Å². The van der Waals surface area contributed by atoms with E-state index in [1.165, 1.54) is 0 Å². The summed E-state index contributed by atoms with van der Waals surface area (Å²) in [6.45, 7) is 6.00. The van der Waals surface area contributed by atoms with Gasteiger partial charge in [0, 0.05) is 17.1 Å². The van der Waals surface area contributed by atoms with Gasteiger partial charge in [-0.2, -0.15) is 0 Å². The van der Waals surface area contributed by atoms with E-state index >= 15 is 0 Å². The van der Waals surface area contributed by atoms with E-state index in [0.29, 0.717) is 0 Å². The minimum atomic E-state index is 0.186. The van der Waals surface area contributed by atoms with Crippen LogP contribution in [0.25, 0.3) is 10.9 Å². The van der Waals surface area contributed by atoms with Gasteiger partial charge in [-0.1, -0.05) is 0 Å². The van der Waals surface area contributed by atoms with Crippen LogP contribution in [0.5, 0.6) is 5.75 Å². The first-order valence-electron chi connectivity index (χ1n) is 5.05. The molecule has 0 saturated carbocycles. The third-order valence-electron chi connectivity index (χ3n) is 2.18. The van der Waals surface area contributed by atoms with Crippen LogP contribution in [0.4, 0.5) is 0 Å². The van der Waals surface area contributed by atoms with Gasteiger partial charge in [-0.15, -0.1) is 0 Å². The van der Waals surface area contributed by atoms with Gasteiger partial charge < -0.3 is 4.74 Å². The normalized spacial score (nSPS) is 10.9. The molecule has 0 fully saturated rings. The molecule has 0 aliphatic carbocycles. The Bertz CT molecular complexity index is 480. The number of aromatic nitrogens is 2. The first-order valence-corrected chi connectivity index (χ1v) is 5.05. The molecule has 1 aromatic carbocycles. The maximum atomic E-state index is 5.60. The average Bonchev–Trinajstić information content (AvgIpc) is 2.17. The SMILES string of the molecule is Cc1ncnc2cc(OC(C)C)ccc12. The number of fused-ring (bicyclic) bond motifs is 1. The van der Waals surface area contributed by atoms with Gasteiger partial charge in [0.2, 0.25) is 0 Å². The first kappa shape index (κ1) is 9.90. The van der Waals surface area contributed by atoms with Crippen LogP contribution in [0.2, 0.25) is 0 Å². The highest BCUT2D eigenvalue weighted by Gasteiger charge is 2.02. The largest absolute Gasteiger partial charge is 0.491 e. The third kappa shape index (κ3) is 2.06. The summed E-state index contributed by atoms with van der Waals surface area (Å²) in [4.78, 5) is 8.36. The molecular weight excluding hydrogens is 188 g/mol. The Hall–Kier alpha value is -1.64. The second-order valence-corrected chi connectivity index (χ2v) is 3.80. The highest BCUT2D eigenvalue weighted by atomic mass is 16.5. The fourth-order valence-electron chi connectivity index (χ4n) is 1.52. The number of hydrogen-bond acceptors (Lipinski definition) is 3. The molecule has 0 bridgehead atoms. The summed E-state index contributed by atoms with van der Waals surface area (Å²) >= 11 is 0. The van der Waals surface area contributed by atoms with Gasteiger partial charge in [0.1, 0.15) is 12.1 Å². The summed E-state index contributed by atoms with van der Waals surface area (Å²) in [5.41, 5.74) is 1.93. The van der Waals surface area contributed by atoms with Crippen LogP contribution in [0.3, 0.4) is 0 Å². The molecule has 0 atom stereocenters. The average molecular weight is 202 g/mol. The predicted molar refractivity (Wildman–Crippen MR) is 60.0 cm³/mol. The fourth-order valence-corrected chi connectivity index (χ4v) is 1.52. The summed E-state index contributed by atoms with van der Waals surface area (Å²) < 4.78 is 5.60. The van der Waals surface area contributed by atoms with Crippen LogP contribution in [-0.4, -0.2) is 16.1 Å². The molecule has 0 aliphatic heterocycles. The molecule has 3 nitrogen and oxygen atoms in total. The van der Waals surface area contributed by atoms with Gasteiger partial charge in [-0.3, -0.25) is 0 Å². The van der Waals surface area contributed by atoms with E-state index in [-0.39, 0.29) is 6.10 Å². The lowest BCUT2D eigenvalue weighted by molar-refractivity contribution is 0.242. The Labute approximate surface area is 89.1 Å². The fraction of sp³-hybridized carbons (Fsp3) is 0.333. The molecule has 0 amide bonds. The Morgan fingerprint density at radius 2 is 2.00 bits per heavy atom. The molecule has 0 N–H and O–H groups in total. The topological polar surface area (TPSA) is 35.0 Å². The molecule has 1 aromatic heterocycles. The highest BCUT2D eigenvalue weighted by Crippen LogP contribution is 2.21. The van der Waals surface area contributed by atoms with Crippen molar-refractivity contribution in [2.24, 2.45) is 0 Å². The van der Waals surface area contributed by atoms with Crippen molar-refractivity contribution in [3.63, 3.8) is 0 Å². The molecule has 1 heterocycles. The van der Waals surface area contributed by atoms with Crippen molar-refractivity contribution < 1.29 is 4.74 Å². The van der Waals surface area contributed by atoms with E-state index in [4.69, 9.17) is 4.74 Å². The van der Waals surface area contributed by atoms with Crippen molar-refractivity contribution in [1.82, 2.24) is 9.97 Å². The number of benzene rings is 1. The molecule has 0 spiro atoms. The molecule has 0 radical (unpaired) electrons. The van der Waals surface area contributed by atoms with Crippen molar-refractivity contribution >= 4 is 10.9 Å². The standard InChI is InChI=1S/C12H14N2O/c1-8(2)15-10-4-5-11-9(3)13-7-14-12(11)6-10/h4-8H,1-3H3. The molecule has 15 heavy (non-hydrogen) atoms. The molecule has 0 unspecified atom stereocenters.